The van der Waals surface area contributed by atoms with Crippen molar-refractivity contribution in [1.29, 1.82) is 0 Å². The number of rotatable bonds is 4. The van der Waals surface area contributed by atoms with Gasteiger partial charge in [-0.2, -0.15) is 0 Å². The van der Waals surface area contributed by atoms with Gasteiger partial charge >= 0.3 is 12.0 Å². The molecule has 2 heterocycles. The number of carbonyl (C=O) groups excluding carboxylic acids is 2. The highest BCUT2D eigenvalue weighted by molar-refractivity contribution is 7.18. The van der Waals surface area contributed by atoms with Crippen LogP contribution in [0.25, 0.3) is 10.2 Å². The third-order valence-electron chi connectivity index (χ3n) is 5.35. The molecule has 7 nitrogen and oxygen atoms in total. The number of ether oxygens (including phenoxy) is 1. The predicted octanol–water partition coefficient (Wildman–Crippen LogP) is 3.99. The number of methoxy groups -OCH3 is 1. The van der Waals surface area contributed by atoms with Crippen molar-refractivity contribution in [3.8, 4) is 0 Å². The molecule has 0 radical (unpaired) electrons. The van der Waals surface area contributed by atoms with E-state index in [4.69, 9.17) is 9.72 Å². The molecule has 1 atom stereocenters. The second-order valence-electron chi connectivity index (χ2n) is 7.22. The molecule has 1 unspecified atom stereocenters. The van der Waals surface area contributed by atoms with Crippen molar-refractivity contribution in [3.63, 3.8) is 0 Å². The lowest BCUT2D eigenvalue weighted by atomic mass is 10.2. The number of anilines is 1. The van der Waals surface area contributed by atoms with Crippen LogP contribution in [0, 0.1) is 0 Å². The van der Waals surface area contributed by atoms with Crippen LogP contribution in [0.4, 0.5) is 10.5 Å². The van der Waals surface area contributed by atoms with Crippen LogP contribution in [-0.4, -0.2) is 60.1 Å². The van der Waals surface area contributed by atoms with Crippen LogP contribution in [0.5, 0.6) is 0 Å². The number of thiazole rings is 1. The van der Waals surface area contributed by atoms with Crippen LogP contribution in [0.3, 0.4) is 0 Å². The minimum Gasteiger partial charge on any atom is -0.465 e. The molecular formula is C22H24N4O3S. The summed E-state index contributed by atoms with van der Waals surface area (Å²) in [4.78, 5) is 33.3. The molecule has 3 aromatic rings. The monoisotopic (exact) mass is 424 g/mol. The van der Waals surface area contributed by atoms with E-state index in [0.717, 1.165) is 23.6 Å². The number of para-hydroxylation sites is 1. The molecule has 1 aliphatic rings. The summed E-state index contributed by atoms with van der Waals surface area (Å²) in [7, 11) is 1.34. The molecule has 2 amide bonds. The molecule has 1 fully saturated rings. The van der Waals surface area contributed by atoms with E-state index in [2.05, 4.69) is 23.2 Å². The highest BCUT2D eigenvalue weighted by atomic mass is 32.1. The fourth-order valence-electron chi connectivity index (χ4n) is 3.58. The highest BCUT2D eigenvalue weighted by Gasteiger charge is 2.26. The average molecular weight is 425 g/mol. The zero-order valence-electron chi connectivity index (χ0n) is 17.0. The number of nitrogens with zero attached hydrogens (tertiary/aromatic N) is 3. The summed E-state index contributed by atoms with van der Waals surface area (Å²) in [5, 5.41) is 3.98. The topological polar surface area (TPSA) is 74.8 Å². The number of hydrogen-bond donors (Lipinski definition) is 1. The van der Waals surface area contributed by atoms with Gasteiger partial charge in [0.1, 0.15) is 5.01 Å². The van der Waals surface area contributed by atoms with Gasteiger partial charge < -0.3 is 15.0 Å². The summed E-state index contributed by atoms with van der Waals surface area (Å²) in [6.07, 6.45) is 0. The first-order valence-electron chi connectivity index (χ1n) is 9.89. The van der Waals surface area contributed by atoms with Crippen molar-refractivity contribution in [3.05, 3.63) is 59.1 Å². The molecule has 0 spiro atoms. The van der Waals surface area contributed by atoms with E-state index in [1.54, 1.807) is 40.5 Å². The van der Waals surface area contributed by atoms with Gasteiger partial charge in [-0.3, -0.25) is 4.90 Å². The largest absolute Gasteiger partial charge is 0.465 e. The Labute approximate surface area is 179 Å². The molecule has 4 rings (SSSR count). The predicted molar refractivity (Wildman–Crippen MR) is 118 cm³/mol. The Hall–Kier alpha value is -2.97. The first kappa shape index (κ1) is 20.3. The molecule has 1 aliphatic heterocycles. The number of urea groups is 1. The normalized spacial score (nSPS) is 15.7. The molecule has 8 heteroatoms. The zero-order chi connectivity index (χ0) is 21.1. The lowest BCUT2D eigenvalue weighted by Crippen LogP contribution is -2.50. The summed E-state index contributed by atoms with van der Waals surface area (Å²) in [6, 6.07) is 15.0. The minimum atomic E-state index is -0.427. The SMILES string of the molecule is COC(=O)c1cccc(NC(=O)N2CCN(C(C)c3nc4ccccc4s3)CC2)c1. The van der Waals surface area contributed by atoms with E-state index in [1.807, 2.05) is 18.2 Å². The Morgan fingerprint density at radius 2 is 1.87 bits per heavy atom. The molecule has 30 heavy (non-hydrogen) atoms. The van der Waals surface area contributed by atoms with Gasteiger partial charge in [0.15, 0.2) is 0 Å². The van der Waals surface area contributed by atoms with Gasteiger partial charge in [0.2, 0.25) is 0 Å². The van der Waals surface area contributed by atoms with Crippen LogP contribution < -0.4 is 5.32 Å². The standard InChI is InChI=1S/C22H24N4O3S/c1-15(20-24-18-8-3-4-9-19(18)30-20)25-10-12-26(13-11-25)22(28)23-17-7-5-6-16(14-17)21(27)29-2/h3-9,14-15H,10-13H2,1-2H3,(H,23,28). The van der Waals surface area contributed by atoms with Gasteiger partial charge in [-0.15, -0.1) is 11.3 Å². The molecule has 156 valence electrons. The number of nitrogens with one attached hydrogen (secondary N) is 1. The maximum Gasteiger partial charge on any atom is 0.337 e. The number of aromatic nitrogens is 1. The molecule has 2 aromatic carbocycles. The van der Waals surface area contributed by atoms with Crippen LogP contribution in [0.15, 0.2) is 48.5 Å². The Morgan fingerprint density at radius 1 is 1.10 bits per heavy atom. The van der Waals surface area contributed by atoms with E-state index in [-0.39, 0.29) is 12.1 Å². The molecule has 1 aromatic heterocycles. The number of carbonyl (C=O) groups is 2. The fourth-order valence-corrected chi connectivity index (χ4v) is 4.64. The number of piperazine rings is 1. The molecule has 1 N–H and O–H groups in total. The van der Waals surface area contributed by atoms with Gasteiger partial charge in [0.25, 0.3) is 0 Å². The second-order valence-corrected chi connectivity index (χ2v) is 8.28. The van der Waals surface area contributed by atoms with Crippen molar-refractivity contribution in [1.82, 2.24) is 14.8 Å². The lowest BCUT2D eigenvalue weighted by Gasteiger charge is -2.37. The Morgan fingerprint density at radius 3 is 2.60 bits per heavy atom. The number of benzene rings is 2. The number of amides is 2. The maximum absolute atomic E-state index is 12.7. The molecular weight excluding hydrogens is 400 g/mol. The van der Waals surface area contributed by atoms with Crippen LogP contribution in [0.1, 0.15) is 28.3 Å². The van der Waals surface area contributed by atoms with Crippen LogP contribution >= 0.6 is 11.3 Å². The van der Waals surface area contributed by atoms with Gasteiger partial charge in [-0.05, 0) is 37.3 Å². The van der Waals surface area contributed by atoms with Crippen LogP contribution in [-0.2, 0) is 4.74 Å². The van der Waals surface area contributed by atoms with E-state index in [9.17, 15) is 9.59 Å². The smallest absolute Gasteiger partial charge is 0.337 e. The third kappa shape index (κ3) is 4.29. The molecule has 0 bridgehead atoms. The Bertz CT molecular complexity index is 1030. The van der Waals surface area contributed by atoms with E-state index < -0.39 is 5.97 Å². The summed E-state index contributed by atoms with van der Waals surface area (Å²) in [5.74, 6) is -0.427. The average Bonchev–Trinajstić information content (AvgIpc) is 3.22. The number of esters is 1. The van der Waals surface area contributed by atoms with E-state index >= 15 is 0 Å². The second kappa shape index (κ2) is 8.81. The number of fused-ring (bicyclic) bond motifs is 1. The fraction of sp³-hybridized carbons (Fsp3) is 0.318. The quantitative estimate of drug-likeness (QED) is 0.641. The Kier molecular flexibility index (Phi) is 5.96. The van der Waals surface area contributed by atoms with Gasteiger partial charge in [0, 0.05) is 31.9 Å². The van der Waals surface area contributed by atoms with Crippen molar-refractivity contribution in [2.24, 2.45) is 0 Å². The van der Waals surface area contributed by atoms with Crippen LogP contribution in [0.2, 0.25) is 0 Å². The van der Waals surface area contributed by atoms with E-state index in [0.29, 0.717) is 24.3 Å². The highest BCUT2D eigenvalue weighted by Crippen LogP contribution is 2.30. The number of hydrogen-bond acceptors (Lipinski definition) is 6. The Balaban J connectivity index is 1.34. The van der Waals surface area contributed by atoms with Crippen molar-refractivity contribution in [2.75, 3.05) is 38.6 Å². The molecule has 0 aliphatic carbocycles. The van der Waals surface area contributed by atoms with Gasteiger partial charge in [0.05, 0.1) is 28.9 Å². The minimum absolute atomic E-state index is 0.163. The lowest BCUT2D eigenvalue weighted by molar-refractivity contribution is 0.0600. The first-order chi connectivity index (χ1) is 14.5. The van der Waals surface area contributed by atoms with Gasteiger partial charge in [-0.1, -0.05) is 18.2 Å². The zero-order valence-corrected chi connectivity index (χ0v) is 17.8. The van der Waals surface area contributed by atoms with Gasteiger partial charge in [-0.25, -0.2) is 14.6 Å². The summed E-state index contributed by atoms with van der Waals surface area (Å²) in [5.41, 5.74) is 2.02. The third-order valence-corrected chi connectivity index (χ3v) is 6.56. The van der Waals surface area contributed by atoms with Crippen molar-refractivity contribution >= 4 is 39.2 Å². The summed E-state index contributed by atoms with van der Waals surface area (Å²) < 4.78 is 5.93. The molecule has 1 saturated heterocycles. The maximum atomic E-state index is 12.7. The van der Waals surface area contributed by atoms with Crippen molar-refractivity contribution in [2.45, 2.75) is 13.0 Å². The summed E-state index contributed by atoms with van der Waals surface area (Å²) >= 11 is 1.73. The first-order valence-corrected chi connectivity index (χ1v) is 10.7. The molecule has 0 saturated carbocycles. The van der Waals surface area contributed by atoms with E-state index in [1.165, 1.54) is 11.8 Å². The summed E-state index contributed by atoms with van der Waals surface area (Å²) in [6.45, 7) is 5.01. The van der Waals surface area contributed by atoms with Crippen molar-refractivity contribution < 1.29 is 14.3 Å².